The molecule has 14 nitrogen and oxygen atoms in total. The van der Waals surface area contributed by atoms with E-state index >= 15 is 0 Å². The van der Waals surface area contributed by atoms with Crippen LogP contribution in [0, 0.1) is 13.8 Å². The highest BCUT2D eigenvalue weighted by atomic mass is 35.5. The maximum absolute atomic E-state index is 12.5. The fourth-order valence-electron chi connectivity index (χ4n) is 5.92. The standard InChI is InChI=1S/C21H20ClN7O.C11H8ClNO2.C10H6ClNO2.2CH4/c1-11-5-18(23)26-12(2)16(11)10-25-21(30)20-27-19(28-29-20)7-13-3-4-17-14(6-13)8-15(22)9-24-17;1-15-11(14)7-2-3-10-8(4-7)5-9(12)6-13-10;11-8-4-7-3-6(10(13)14)1-2-9(7)12-5-8;;/h3-6,8-9H,7,10H2,1-2H3,(H2,23,26)(H,25,30)(H,27,28,29);2-6H,1H3;1-5H,(H,13,14);2*1H4. The number of nitrogen functional groups attached to an aromatic ring is 1. The van der Waals surface area contributed by atoms with Gasteiger partial charge in [-0.15, -0.1) is 5.10 Å². The molecule has 0 fully saturated rings. The largest absolute Gasteiger partial charge is 0.478 e. The first-order valence-electron chi connectivity index (χ1n) is 17.6. The van der Waals surface area contributed by atoms with Crippen molar-refractivity contribution in [1.29, 1.82) is 0 Å². The van der Waals surface area contributed by atoms with Crippen molar-refractivity contribution in [1.82, 2.24) is 40.4 Å². The zero-order valence-electron chi connectivity index (χ0n) is 31.6. The Labute approximate surface area is 366 Å². The Hall–Kier alpha value is -6.74. The summed E-state index contributed by atoms with van der Waals surface area (Å²) in [7, 11) is 1.35. The van der Waals surface area contributed by atoms with Crippen molar-refractivity contribution in [2.75, 3.05) is 12.8 Å². The number of hydrogen-bond donors (Lipinski definition) is 4. The molecule has 0 aliphatic carbocycles. The molecule has 8 rings (SSSR count). The van der Waals surface area contributed by atoms with Gasteiger partial charge in [-0.2, -0.15) is 0 Å². The van der Waals surface area contributed by atoms with Crippen LogP contribution in [0.25, 0.3) is 32.7 Å². The highest BCUT2D eigenvalue weighted by molar-refractivity contribution is 6.31. The fraction of sp³-hybridized carbons (Fsp3) is 0.159. The van der Waals surface area contributed by atoms with Crippen LogP contribution in [-0.4, -0.2) is 65.2 Å². The van der Waals surface area contributed by atoms with E-state index in [2.05, 4.69) is 45.2 Å². The van der Waals surface area contributed by atoms with E-state index in [4.69, 9.17) is 45.6 Å². The Morgan fingerprint density at radius 3 is 1.80 bits per heavy atom. The van der Waals surface area contributed by atoms with Crippen LogP contribution in [0.4, 0.5) is 5.82 Å². The number of methoxy groups -OCH3 is 1. The van der Waals surface area contributed by atoms with Crippen molar-refractivity contribution >= 4 is 91.2 Å². The van der Waals surface area contributed by atoms with Crippen molar-refractivity contribution in [2.24, 2.45) is 0 Å². The molecule has 3 aromatic carbocycles. The second-order valence-corrected chi connectivity index (χ2v) is 14.3. The molecule has 0 aliphatic rings. The molecule has 5 heterocycles. The third-order valence-corrected chi connectivity index (χ3v) is 9.40. The van der Waals surface area contributed by atoms with Gasteiger partial charge in [-0.05, 0) is 103 Å². The van der Waals surface area contributed by atoms with Gasteiger partial charge in [-0.25, -0.2) is 19.6 Å². The molecule has 5 N–H and O–H groups in total. The molecular formula is C44H42Cl3N9O5. The summed E-state index contributed by atoms with van der Waals surface area (Å²) in [5.41, 5.74) is 12.6. The molecular weight excluding hydrogens is 841 g/mol. The number of rotatable bonds is 7. The molecule has 8 aromatic rings. The van der Waals surface area contributed by atoms with E-state index in [-0.39, 0.29) is 38.1 Å². The number of halogens is 3. The number of aromatic carboxylic acids is 1. The summed E-state index contributed by atoms with van der Waals surface area (Å²) >= 11 is 17.6. The van der Waals surface area contributed by atoms with Crippen molar-refractivity contribution in [3.05, 3.63) is 158 Å². The Morgan fingerprint density at radius 1 is 0.738 bits per heavy atom. The average molecular weight is 883 g/mol. The lowest BCUT2D eigenvalue weighted by atomic mass is 10.1. The van der Waals surface area contributed by atoms with Crippen LogP contribution in [-0.2, 0) is 17.7 Å². The van der Waals surface area contributed by atoms with Gasteiger partial charge in [0.15, 0.2) is 0 Å². The van der Waals surface area contributed by atoms with Crippen LogP contribution in [0.5, 0.6) is 0 Å². The van der Waals surface area contributed by atoms with Crippen LogP contribution < -0.4 is 11.1 Å². The number of amides is 1. The third-order valence-electron chi connectivity index (χ3n) is 8.78. The number of carboxylic acid groups (broad SMARTS) is 1. The summed E-state index contributed by atoms with van der Waals surface area (Å²) < 4.78 is 4.62. The first-order valence-corrected chi connectivity index (χ1v) is 18.8. The lowest BCUT2D eigenvalue weighted by Crippen LogP contribution is -2.25. The van der Waals surface area contributed by atoms with E-state index in [1.165, 1.54) is 19.4 Å². The van der Waals surface area contributed by atoms with E-state index in [1.54, 1.807) is 60.9 Å². The fourth-order valence-corrected chi connectivity index (χ4v) is 6.42. The van der Waals surface area contributed by atoms with Crippen molar-refractivity contribution < 1.29 is 24.2 Å². The number of benzene rings is 3. The first-order chi connectivity index (χ1) is 28.3. The molecule has 0 saturated heterocycles. The van der Waals surface area contributed by atoms with Gasteiger partial charge in [0.25, 0.3) is 5.91 Å². The molecule has 0 atom stereocenters. The molecule has 0 unspecified atom stereocenters. The zero-order chi connectivity index (χ0) is 42.2. The predicted octanol–water partition coefficient (Wildman–Crippen LogP) is 9.65. The number of aromatic nitrogens is 7. The molecule has 0 bridgehead atoms. The van der Waals surface area contributed by atoms with Crippen LogP contribution in [0.2, 0.25) is 15.1 Å². The second-order valence-electron chi connectivity index (χ2n) is 13.0. The van der Waals surface area contributed by atoms with Crippen molar-refractivity contribution in [3.63, 3.8) is 0 Å². The van der Waals surface area contributed by atoms with Gasteiger partial charge >= 0.3 is 11.9 Å². The van der Waals surface area contributed by atoms with Gasteiger partial charge in [0.2, 0.25) is 5.82 Å². The van der Waals surface area contributed by atoms with Gasteiger partial charge in [0, 0.05) is 53.4 Å². The van der Waals surface area contributed by atoms with E-state index < -0.39 is 5.97 Å². The van der Waals surface area contributed by atoms with Gasteiger partial charge in [-0.3, -0.25) is 24.8 Å². The van der Waals surface area contributed by atoms with Crippen LogP contribution in [0.3, 0.4) is 0 Å². The number of esters is 1. The average Bonchev–Trinajstić information content (AvgIpc) is 3.68. The second kappa shape index (κ2) is 21.0. The maximum Gasteiger partial charge on any atom is 0.337 e. The van der Waals surface area contributed by atoms with Crippen LogP contribution >= 0.6 is 34.8 Å². The van der Waals surface area contributed by atoms with E-state index in [1.807, 2.05) is 38.1 Å². The number of aryl methyl sites for hydroxylation is 2. The molecule has 0 spiro atoms. The predicted molar refractivity (Wildman–Crippen MR) is 241 cm³/mol. The molecule has 1 amide bonds. The normalized spacial score (nSPS) is 10.3. The van der Waals surface area contributed by atoms with Crippen LogP contribution in [0.15, 0.2) is 97.5 Å². The van der Waals surface area contributed by atoms with E-state index in [9.17, 15) is 14.4 Å². The minimum Gasteiger partial charge on any atom is -0.478 e. The van der Waals surface area contributed by atoms with Gasteiger partial charge in [0.1, 0.15) is 11.6 Å². The number of nitrogens with one attached hydrogen (secondary N) is 2. The monoisotopic (exact) mass is 881 g/mol. The molecule has 17 heteroatoms. The third kappa shape index (κ3) is 12.2. The highest BCUT2D eigenvalue weighted by Crippen LogP contribution is 2.21. The molecule has 5 aromatic heterocycles. The topological polar surface area (TPSA) is 212 Å². The highest BCUT2D eigenvalue weighted by Gasteiger charge is 2.15. The Kier molecular flexibility index (Phi) is 16.1. The number of pyridine rings is 4. The number of carboxylic acids is 1. The Balaban J connectivity index is 0.000000222. The maximum atomic E-state index is 12.5. The zero-order valence-corrected chi connectivity index (χ0v) is 33.9. The number of nitrogens with two attached hydrogens (primary N) is 1. The summed E-state index contributed by atoms with van der Waals surface area (Å²) in [6, 6.07) is 22.9. The van der Waals surface area contributed by atoms with Crippen LogP contribution in [0.1, 0.15) is 74.4 Å². The number of fused-ring (bicyclic) bond motifs is 3. The Morgan fingerprint density at radius 2 is 1.26 bits per heavy atom. The summed E-state index contributed by atoms with van der Waals surface area (Å²) in [5, 5.41) is 22.6. The quantitative estimate of drug-likeness (QED) is 0.110. The summed E-state index contributed by atoms with van der Waals surface area (Å²) in [4.78, 5) is 55.4. The van der Waals surface area contributed by atoms with Crippen molar-refractivity contribution in [2.45, 2.75) is 41.7 Å². The summed E-state index contributed by atoms with van der Waals surface area (Å²) in [5.74, 6) is -0.526. The molecule has 314 valence electrons. The number of ether oxygens (including phenoxy) is 1. The molecule has 61 heavy (non-hydrogen) atoms. The van der Waals surface area contributed by atoms with Gasteiger partial charge in [-0.1, -0.05) is 55.7 Å². The minimum atomic E-state index is -0.952. The molecule has 0 aliphatic heterocycles. The summed E-state index contributed by atoms with van der Waals surface area (Å²) in [6.45, 7) is 4.12. The SMILES string of the molecule is C.C.COC(=O)c1ccc2ncc(Cl)cc2c1.Cc1cc(N)nc(C)c1CNC(=O)c1n[nH]c(Cc2ccc3ncc(Cl)cc3c2)n1.O=C(O)c1ccc2ncc(Cl)cc2c1. The molecule has 0 radical (unpaired) electrons. The lowest BCUT2D eigenvalue weighted by molar-refractivity contribution is 0.0599. The number of nitrogens with zero attached hydrogens (tertiary/aromatic N) is 6. The summed E-state index contributed by atoms with van der Waals surface area (Å²) in [6.07, 6.45) is 5.23. The molecule has 0 saturated carbocycles. The first kappa shape index (κ1) is 46.9. The number of hydrogen-bond acceptors (Lipinski definition) is 11. The van der Waals surface area contributed by atoms with Crippen molar-refractivity contribution in [3.8, 4) is 0 Å². The lowest BCUT2D eigenvalue weighted by Gasteiger charge is -2.10. The number of carbonyl (C=O) groups excluding carboxylic acids is 2. The number of anilines is 1. The number of carbonyl (C=O) groups is 3. The van der Waals surface area contributed by atoms with Gasteiger partial charge in [0.05, 0.1) is 49.9 Å². The smallest absolute Gasteiger partial charge is 0.337 e. The number of aromatic amines is 1. The minimum absolute atomic E-state index is 0. The van der Waals surface area contributed by atoms with E-state index in [0.717, 1.165) is 55.1 Å². The Bertz CT molecular complexity index is 2850. The van der Waals surface area contributed by atoms with Gasteiger partial charge < -0.3 is 20.9 Å². The van der Waals surface area contributed by atoms with E-state index in [0.29, 0.717) is 45.2 Å². The number of H-pyrrole nitrogens is 1.